The molecule has 0 N–H and O–H groups in total. The topological polar surface area (TPSA) is 70.8 Å². The predicted molar refractivity (Wildman–Crippen MR) is 143 cm³/mol. The maximum Gasteiger partial charge on any atom is 0.253 e. The Bertz CT molecular complexity index is 1310. The molecule has 5 heterocycles. The van der Waals surface area contributed by atoms with Crippen LogP contribution in [-0.2, 0) is 0 Å². The van der Waals surface area contributed by atoms with Crippen molar-refractivity contribution in [3.8, 4) is 0 Å². The minimum atomic E-state index is -0.188. The van der Waals surface area contributed by atoms with E-state index in [1.165, 1.54) is 51.4 Å². The highest BCUT2D eigenvalue weighted by molar-refractivity contribution is 6.01. The van der Waals surface area contributed by atoms with Gasteiger partial charge in [-0.15, -0.1) is 0 Å². The lowest BCUT2D eigenvalue weighted by molar-refractivity contribution is 0.0733. The zero-order chi connectivity index (χ0) is 25.1. The molecule has 6 fully saturated rings. The summed E-state index contributed by atoms with van der Waals surface area (Å²) < 4.78 is 6.07. The molecule has 6 aliphatic rings. The Labute approximate surface area is 216 Å². The van der Waals surface area contributed by atoms with Crippen LogP contribution in [0.25, 0.3) is 21.9 Å². The minimum Gasteiger partial charge on any atom is -0.456 e. The number of hydrogen-bond donors (Lipinski definition) is 0. The van der Waals surface area contributed by atoms with Crippen molar-refractivity contribution >= 4 is 33.8 Å². The van der Waals surface area contributed by atoms with Crippen molar-refractivity contribution < 1.29 is 14.0 Å². The average Bonchev–Trinajstić information content (AvgIpc) is 3.44. The number of amides is 2. The molecule has 6 heteroatoms. The van der Waals surface area contributed by atoms with Gasteiger partial charge in [-0.25, -0.2) is 0 Å². The third-order valence-corrected chi connectivity index (χ3v) is 9.58. The summed E-state index contributed by atoms with van der Waals surface area (Å²) in [5.74, 6) is 2.36. The molecule has 0 unspecified atom stereocenters. The van der Waals surface area contributed by atoms with Crippen molar-refractivity contribution in [2.75, 3.05) is 26.2 Å². The zero-order valence-corrected chi connectivity index (χ0v) is 21.3. The molecule has 3 aromatic rings. The Morgan fingerprint density at radius 2 is 0.946 bits per heavy atom. The molecule has 4 saturated heterocycles. The van der Waals surface area contributed by atoms with Crippen molar-refractivity contribution in [1.82, 2.24) is 9.80 Å². The molecule has 2 aromatic carbocycles. The molecule has 6 nitrogen and oxygen atoms in total. The molecule has 2 aliphatic carbocycles. The van der Waals surface area contributed by atoms with Gasteiger partial charge in [0.15, 0.2) is 0 Å². The Hall–Kier alpha value is -3.15. The van der Waals surface area contributed by atoms with Gasteiger partial charge in [-0.3, -0.25) is 14.4 Å². The third kappa shape index (κ3) is 4.14. The summed E-state index contributed by atoms with van der Waals surface area (Å²) in [5, 5.41) is 0.794. The van der Waals surface area contributed by atoms with Crippen LogP contribution in [0.2, 0.25) is 0 Å². The van der Waals surface area contributed by atoms with Crippen LogP contribution in [0.1, 0.15) is 72.1 Å². The molecule has 0 atom stereocenters. The van der Waals surface area contributed by atoms with E-state index >= 15 is 0 Å². The van der Waals surface area contributed by atoms with Gasteiger partial charge >= 0.3 is 0 Å². The molecular formula is C31H34N2O4. The number of benzene rings is 2. The van der Waals surface area contributed by atoms with Crippen molar-refractivity contribution in [3.05, 3.63) is 57.7 Å². The van der Waals surface area contributed by atoms with Crippen LogP contribution in [0, 0.1) is 23.7 Å². The number of fused-ring (bicyclic) bond motifs is 10. The number of nitrogens with zero attached hydrogens (tertiary/aromatic N) is 2. The SMILES string of the molecule is O=C(c1ccc2oc3ccc(C(=O)N4CC5CCC(CC5)C4)cc3c(=O)c2c1)N1CC2CCC(CC2)C1. The fourth-order valence-electron chi connectivity index (χ4n) is 7.41. The lowest BCUT2D eigenvalue weighted by Crippen LogP contribution is -2.34. The maximum atomic E-state index is 13.6. The minimum absolute atomic E-state index is 0.0000748. The van der Waals surface area contributed by atoms with Gasteiger partial charge in [-0.2, -0.15) is 0 Å². The fourth-order valence-corrected chi connectivity index (χ4v) is 7.41. The second-order valence-corrected chi connectivity index (χ2v) is 12.0. The summed E-state index contributed by atoms with van der Waals surface area (Å²) in [4.78, 5) is 44.5. The Morgan fingerprint density at radius 1 is 0.595 bits per heavy atom. The Morgan fingerprint density at radius 3 is 1.30 bits per heavy atom. The summed E-state index contributed by atoms with van der Waals surface area (Å²) in [5.41, 5.74) is 1.81. The van der Waals surface area contributed by atoms with Gasteiger partial charge in [0.05, 0.1) is 10.8 Å². The van der Waals surface area contributed by atoms with E-state index in [4.69, 9.17) is 4.42 Å². The fraction of sp³-hybridized carbons (Fsp3) is 0.516. The predicted octanol–water partition coefficient (Wildman–Crippen LogP) is 5.47. The highest BCUT2D eigenvalue weighted by Crippen LogP contribution is 2.36. The monoisotopic (exact) mass is 498 g/mol. The summed E-state index contributed by atoms with van der Waals surface area (Å²) >= 11 is 0. The molecule has 0 radical (unpaired) electrons. The quantitative estimate of drug-likeness (QED) is 0.439. The number of carbonyl (C=O) groups excluding carboxylic acids is 2. The van der Waals surface area contributed by atoms with Crippen LogP contribution in [0.15, 0.2) is 45.6 Å². The van der Waals surface area contributed by atoms with Crippen molar-refractivity contribution in [1.29, 1.82) is 0 Å². The second kappa shape index (κ2) is 9.00. The van der Waals surface area contributed by atoms with Gasteiger partial charge in [0.1, 0.15) is 11.2 Å². The highest BCUT2D eigenvalue weighted by atomic mass is 16.3. The molecule has 192 valence electrons. The number of hydrogen-bond acceptors (Lipinski definition) is 4. The van der Waals surface area contributed by atoms with Gasteiger partial charge in [-0.1, -0.05) is 0 Å². The third-order valence-electron chi connectivity index (χ3n) is 9.58. The summed E-state index contributed by atoms with van der Waals surface area (Å²) in [6.07, 6.45) is 9.68. The van der Waals surface area contributed by atoms with Crippen LogP contribution in [0.5, 0.6) is 0 Å². The van der Waals surface area contributed by atoms with E-state index in [1.807, 2.05) is 9.80 Å². The first kappa shape index (κ1) is 23.0. The largest absolute Gasteiger partial charge is 0.456 e. The molecule has 2 amide bonds. The van der Waals surface area contributed by atoms with Gasteiger partial charge in [0.2, 0.25) is 5.43 Å². The maximum absolute atomic E-state index is 13.6. The smallest absolute Gasteiger partial charge is 0.253 e. The van der Waals surface area contributed by atoms with E-state index in [0.717, 1.165) is 26.2 Å². The van der Waals surface area contributed by atoms with Crippen molar-refractivity contribution in [3.63, 3.8) is 0 Å². The summed E-state index contributed by atoms with van der Waals surface area (Å²) in [6.45, 7) is 3.24. The van der Waals surface area contributed by atoms with E-state index in [0.29, 0.717) is 56.7 Å². The van der Waals surface area contributed by atoms with E-state index < -0.39 is 0 Å². The average molecular weight is 499 g/mol. The molecule has 1 aromatic heterocycles. The molecule has 37 heavy (non-hydrogen) atoms. The van der Waals surface area contributed by atoms with Crippen molar-refractivity contribution in [2.24, 2.45) is 23.7 Å². The first-order valence-electron chi connectivity index (χ1n) is 14.1. The number of carbonyl (C=O) groups is 2. The Kier molecular flexibility index (Phi) is 5.60. The van der Waals surface area contributed by atoms with Crippen LogP contribution >= 0.6 is 0 Å². The van der Waals surface area contributed by atoms with Gasteiger partial charge in [-0.05, 0) is 111 Å². The van der Waals surface area contributed by atoms with E-state index in [1.54, 1.807) is 36.4 Å². The molecule has 2 saturated carbocycles. The lowest BCUT2D eigenvalue weighted by atomic mass is 9.84. The van der Waals surface area contributed by atoms with Gasteiger partial charge in [0, 0.05) is 37.3 Å². The van der Waals surface area contributed by atoms with E-state index in [2.05, 4.69) is 0 Å². The zero-order valence-electron chi connectivity index (χ0n) is 21.3. The normalized spacial score (nSPS) is 27.5. The van der Waals surface area contributed by atoms with Crippen LogP contribution < -0.4 is 5.43 Å². The first-order chi connectivity index (χ1) is 18.0. The first-order valence-corrected chi connectivity index (χ1v) is 14.1. The molecule has 9 rings (SSSR count). The summed E-state index contributed by atoms with van der Waals surface area (Å²) in [6, 6.07) is 10.4. The molecule has 0 spiro atoms. The van der Waals surface area contributed by atoms with Crippen LogP contribution in [0.4, 0.5) is 0 Å². The summed E-state index contributed by atoms with van der Waals surface area (Å²) in [7, 11) is 0. The van der Waals surface area contributed by atoms with E-state index in [9.17, 15) is 14.4 Å². The molecule has 4 aliphatic heterocycles. The van der Waals surface area contributed by atoms with Gasteiger partial charge in [0.25, 0.3) is 11.8 Å². The van der Waals surface area contributed by atoms with Crippen molar-refractivity contribution in [2.45, 2.75) is 51.4 Å². The van der Waals surface area contributed by atoms with Crippen LogP contribution in [0.3, 0.4) is 0 Å². The standard InChI is InChI=1S/C31H34N2O4/c34-29-25-13-23(30(35)32-15-19-1-2-20(16-32)4-3-19)9-11-27(25)37-28-12-10-24(14-26(28)29)31(36)33-17-21-5-6-22(18-33)8-7-21/h9-14,19-22H,1-8,15-18H2. The van der Waals surface area contributed by atoms with Gasteiger partial charge < -0.3 is 14.2 Å². The second-order valence-electron chi connectivity index (χ2n) is 12.0. The Balaban J connectivity index is 1.22. The lowest BCUT2D eigenvalue weighted by Gasteiger charge is -2.23. The highest BCUT2D eigenvalue weighted by Gasteiger charge is 2.33. The van der Waals surface area contributed by atoms with Crippen LogP contribution in [-0.4, -0.2) is 47.8 Å². The number of rotatable bonds is 2. The van der Waals surface area contributed by atoms with E-state index in [-0.39, 0.29) is 17.2 Å². The molecular weight excluding hydrogens is 464 g/mol. The molecule has 4 bridgehead atoms.